The molecule has 0 spiro atoms. The van der Waals surface area contributed by atoms with Crippen molar-refractivity contribution in [2.75, 3.05) is 18.8 Å². The molecule has 1 heterocycles. The Morgan fingerprint density at radius 3 is 3.00 bits per heavy atom. The smallest absolute Gasteiger partial charge is 0.0961 e. The SMILES string of the molecule is CCCNCC(O)CSc1ccc(Br)cn1. The summed E-state index contributed by atoms with van der Waals surface area (Å²) in [4.78, 5) is 4.23. The number of nitrogens with zero attached hydrogens (tertiary/aromatic N) is 1. The van der Waals surface area contributed by atoms with Gasteiger partial charge in [0.2, 0.25) is 0 Å². The molecule has 90 valence electrons. The Hall–Kier alpha value is -0.100. The number of nitrogens with one attached hydrogen (secondary N) is 1. The summed E-state index contributed by atoms with van der Waals surface area (Å²) in [7, 11) is 0. The first-order chi connectivity index (χ1) is 7.72. The van der Waals surface area contributed by atoms with Crippen LogP contribution in [0.1, 0.15) is 13.3 Å². The fraction of sp³-hybridized carbons (Fsp3) is 0.545. The number of hydrogen-bond acceptors (Lipinski definition) is 4. The van der Waals surface area contributed by atoms with E-state index in [0.717, 1.165) is 22.5 Å². The summed E-state index contributed by atoms with van der Waals surface area (Å²) in [5.41, 5.74) is 0. The first kappa shape index (κ1) is 14.0. The van der Waals surface area contributed by atoms with Gasteiger partial charge in [-0.3, -0.25) is 0 Å². The molecule has 0 fully saturated rings. The van der Waals surface area contributed by atoms with Gasteiger partial charge in [-0.2, -0.15) is 0 Å². The van der Waals surface area contributed by atoms with E-state index in [4.69, 9.17) is 0 Å². The van der Waals surface area contributed by atoms with E-state index in [1.54, 1.807) is 18.0 Å². The van der Waals surface area contributed by atoms with Crippen molar-refractivity contribution in [2.24, 2.45) is 0 Å². The topological polar surface area (TPSA) is 45.1 Å². The predicted molar refractivity (Wildman–Crippen MR) is 71.8 cm³/mol. The van der Waals surface area contributed by atoms with Crippen LogP contribution in [0.15, 0.2) is 27.8 Å². The molecule has 3 nitrogen and oxygen atoms in total. The van der Waals surface area contributed by atoms with Gasteiger partial charge in [0, 0.05) is 23.0 Å². The summed E-state index contributed by atoms with van der Waals surface area (Å²) >= 11 is 4.91. The summed E-state index contributed by atoms with van der Waals surface area (Å²) in [6.45, 7) is 3.72. The maximum Gasteiger partial charge on any atom is 0.0961 e. The molecule has 0 aliphatic heterocycles. The molecule has 1 aromatic rings. The van der Waals surface area contributed by atoms with Gasteiger partial charge in [0.05, 0.1) is 11.1 Å². The van der Waals surface area contributed by atoms with Crippen molar-refractivity contribution < 1.29 is 5.11 Å². The molecular weight excluding hydrogens is 288 g/mol. The van der Waals surface area contributed by atoms with Crippen LogP contribution in [0.2, 0.25) is 0 Å². The van der Waals surface area contributed by atoms with E-state index >= 15 is 0 Å². The first-order valence-electron chi connectivity index (χ1n) is 5.35. The number of rotatable bonds is 7. The van der Waals surface area contributed by atoms with Crippen LogP contribution in [0.25, 0.3) is 0 Å². The molecule has 0 aliphatic carbocycles. The summed E-state index contributed by atoms with van der Waals surface area (Å²) in [5, 5.41) is 13.8. The molecule has 0 saturated carbocycles. The molecule has 0 amide bonds. The van der Waals surface area contributed by atoms with Gasteiger partial charge >= 0.3 is 0 Å². The maximum absolute atomic E-state index is 9.67. The van der Waals surface area contributed by atoms with E-state index in [1.165, 1.54) is 0 Å². The van der Waals surface area contributed by atoms with Crippen molar-refractivity contribution in [3.63, 3.8) is 0 Å². The molecule has 1 aromatic heterocycles. The number of aliphatic hydroxyl groups excluding tert-OH is 1. The van der Waals surface area contributed by atoms with Crippen LogP contribution in [-0.2, 0) is 0 Å². The summed E-state index contributed by atoms with van der Waals surface area (Å²) in [5.74, 6) is 0.672. The number of halogens is 1. The number of aromatic nitrogens is 1. The lowest BCUT2D eigenvalue weighted by Gasteiger charge is -2.10. The summed E-state index contributed by atoms with van der Waals surface area (Å²) < 4.78 is 0.974. The molecule has 0 saturated heterocycles. The van der Waals surface area contributed by atoms with Crippen LogP contribution < -0.4 is 5.32 Å². The second-order valence-corrected chi connectivity index (χ2v) is 5.44. The molecule has 1 atom stereocenters. The van der Waals surface area contributed by atoms with Crippen LogP contribution in [-0.4, -0.2) is 35.0 Å². The van der Waals surface area contributed by atoms with Crippen LogP contribution in [0.5, 0.6) is 0 Å². The predicted octanol–water partition coefficient (Wildman–Crippen LogP) is 2.30. The molecule has 2 N–H and O–H groups in total. The van der Waals surface area contributed by atoms with Gasteiger partial charge in [0.1, 0.15) is 0 Å². The van der Waals surface area contributed by atoms with Gasteiger partial charge in [-0.15, -0.1) is 11.8 Å². The maximum atomic E-state index is 9.67. The minimum atomic E-state index is -0.318. The zero-order chi connectivity index (χ0) is 11.8. The quantitative estimate of drug-likeness (QED) is 0.599. The molecule has 0 aliphatic rings. The van der Waals surface area contributed by atoms with E-state index < -0.39 is 0 Å². The largest absolute Gasteiger partial charge is 0.391 e. The number of thioether (sulfide) groups is 1. The second-order valence-electron chi connectivity index (χ2n) is 3.48. The van der Waals surface area contributed by atoms with Crippen LogP contribution in [0.4, 0.5) is 0 Å². The van der Waals surface area contributed by atoms with Gasteiger partial charge in [0.25, 0.3) is 0 Å². The van der Waals surface area contributed by atoms with Crippen molar-refractivity contribution in [2.45, 2.75) is 24.5 Å². The van der Waals surface area contributed by atoms with Crippen LogP contribution in [0, 0.1) is 0 Å². The Morgan fingerprint density at radius 1 is 1.56 bits per heavy atom. The Labute approximate surface area is 109 Å². The standard InChI is InChI=1S/C11H17BrN2OS/c1-2-5-13-7-10(15)8-16-11-4-3-9(12)6-14-11/h3-4,6,10,13,15H,2,5,7-8H2,1H3. The van der Waals surface area contributed by atoms with Crippen molar-refractivity contribution in [1.29, 1.82) is 0 Å². The average Bonchev–Trinajstić information content (AvgIpc) is 2.29. The highest BCUT2D eigenvalue weighted by molar-refractivity contribution is 9.10. The highest BCUT2D eigenvalue weighted by atomic mass is 79.9. The highest BCUT2D eigenvalue weighted by Gasteiger charge is 2.04. The first-order valence-corrected chi connectivity index (χ1v) is 7.13. The molecule has 5 heteroatoms. The Morgan fingerprint density at radius 2 is 2.38 bits per heavy atom. The fourth-order valence-corrected chi connectivity index (χ4v) is 2.14. The fourth-order valence-electron chi connectivity index (χ4n) is 1.13. The van der Waals surface area contributed by atoms with Crippen molar-refractivity contribution >= 4 is 27.7 Å². The third-order valence-corrected chi connectivity index (χ3v) is 3.49. The average molecular weight is 305 g/mol. The van der Waals surface area contributed by atoms with Gasteiger partial charge in [0.15, 0.2) is 0 Å². The zero-order valence-corrected chi connectivity index (χ0v) is 11.7. The molecule has 1 unspecified atom stereocenters. The van der Waals surface area contributed by atoms with Gasteiger partial charge in [-0.05, 0) is 41.0 Å². The van der Waals surface area contributed by atoms with Crippen LogP contribution >= 0.6 is 27.7 Å². The zero-order valence-electron chi connectivity index (χ0n) is 9.32. The lowest BCUT2D eigenvalue weighted by atomic mass is 10.4. The summed E-state index contributed by atoms with van der Waals surface area (Å²) in [6, 6.07) is 3.90. The lowest BCUT2D eigenvalue weighted by molar-refractivity contribution is 0.196. The molecular formula is C11H17BrN2OS. The second kappa shape index (κ2) is 8.06. The van der Waals surface area contributed by atoms with E-state index in [9.17, 15) is 5.11 Å². The molecule has 0 aromatic carbocycles. The number of pyridine rings is 1. The van der Waals surface area contributed by atoms with Crippen molar-refractivity contribution in [1.82, 2.24) is 10.3 Å². The molecule has 1 rings (SSSR count). The van der Waals surface area contributed by atoms with Gasteiger partial charge < -0.3 is 10.4 Å². The minimum absolute atomic E-state index is 0.318. The Bertz CT molecular complexity index is 295. The summed E-state index contributed by atoms with van der Waals surface area (Å²) in [6.07, 6.45) is 2.54. The monoisotopic (exact) mass is 304 g/mol. The molecule has 0 radical (unpaired) electrons. The van der Waals surface area contributed by atoms with E-state index in [0.29, 0.717) is 12.3 Å². The Balaban J connectivity index is 2.20. The normalized spacial score (nSPS) is 12.7. The molecule has 16 heavy (non-hydrogen) atoms. The number of aliphatic hydroxyl groups is 1. The lowest BCUT2D eigenvalue weighted by Crippen LogP contribution is -2.28. The van der Waals surface area contributed by atoms with Crippen LogP contribution in [0.3, 0.4) is 0 Å². The van der Waals surface area contributed by atoms with Gasteiger partial charge in [-0.25, -0.2) is 4.98 Å². The molecule has 0 bridgehead atoms. The van der Waals surface area contributed by atoms with E-state index in [2.05, 4.69) is 33.2 Å². The third kappa shape index (κ3) is 5.84. The highest BCUT2D eigenvalue weighted by Crippen LogP contribution is 2.18. The Kier molecular flexibility index (Phi) is 7.03. The third-order valence-electron chi connectivity index (χ3n) is 1.93. The van der Waals surface area contributed by atoms with Crippen molar-refractivity contribution in [3.8, 4) is 0 Å². The van der Waals surface area contributed by atoms with E-state index in [1.807, 2.05) is 12.1 Å². The van der Waals surface area contributed by atoms with Gasteiger partial charge in [-0.1, -0.05) is 6.92 Å². The van der Waals surface area contributed by atoms with Crippen molar-refractivity contribution in [3.05, 3.63) is 22.8 Å². The number of hydrogen-bond donors (Lipinski definition) is 2. The van der Waals surface area contributed by atoms with E-state index in [-0.39, 0.29) is 6.10 Å². The minimum Gasteiger partial charge on any atom is -0.391 e.